The van der Waals surface area contributed by atoms with Crippen LogP contribution in [0.15, 0.2) is 133 Å². The van der Waals surface area contributed by atoms with Crippen molar-refractivity contribution in [1.82, 2.24) is 29.8 Å². The standard InChI is InChI=1S/2C21H21Cl2FN2O3.C12H17FN2.C11H10Cl2O4.C9H6Cl2O4.C6H4Cl2O2.C5H8Br2O2.Li.H2O/c2*1-13-10-25(11-14-2-4-15(24)5-3-14)6-7-26(13)21(27)20-12-28-18-8-16(22)17(23)9-19(18)29-20;1-10-8-15(7-6-14-10)9-11-2-4-12(13)5-3-11;1-2-15-11(14)10-5-16-8-3-6(12)7(13)4-9(8)17-10;10-4-1-6-7(2-5(4)11)15-8(3-14-6)9(12)13;7-3-1-5(9)6(10)2-4(3)8;1-2-9-5(8)4(7)3-6;;/h2*2-5,8-9,13,20H,6-7,10-12H2,1H3;2-5,10,14H,6-9H2,1H3;3-4,10H,2,5H2,1H3;1-2,8H,3H2,(H,12,13);1-2,9-10H;4H,2-3H2,1H3;;1H2/q;;;;;;;+1;/p-1/t2*13-,20?;10-;;;;;;/m111....../s1. The largest absolute Gasteiger partial charge is 1.00 e. The summed E-state index contributed by atoms with van der Waals surface area (Å²) in [4.78, 5) is 69.2. The molecule has 0 bridgehead atoms. The van der Waals surface area contributed by atoms with E-state index in [1.54, 1.807) is 68.4 Å². The summed E-state index contributed by atoms with van der Waals surface area (Å²) in [6, 6.07) is 35.1. The fourth-order valence-electron chi connectivity index (χ4n) is 12.9. The van der Waals surface area contributed by atoms with Crippen LogP contribution in [0, 0.1) is 17.5 Å². The number of ether oxygens (including phenoxy) is 10. The number of phenols is 2. The maximum Gasteiger partial charge on any atom is 1.00 e. The molecule has 3 fully saturated rings. The summed E-state index contributed by atoms with van der Waals surface area (Å²) < 4.78 is 92.6. The van der Waals surface area contributed by atoms with Gasteiger partial charge in [0.05, 0.1) is 63.4 Å². The molecule has 15 rings (SSSR count). The molecule has 3 saturated heterocycles. The van der Waals surface area contributed by atoms with Gasteiger partial charge in [0.1, 0.15) is 48.7 Å². The van der Waals surface area contributed by atoms with Crippen molar-refractivity contribution in [2.75, 3.05) is 104 Å². The van der Waals surface area contributed by atoms with Gasteiger partial charge in [-0.05, 0) is 87.7 Å². The monoisotopic (exact) mass is 2070 g/mol. The van der Waals surface area contributed by atoms with Crippen LogP contribution in [0.5, 0.6) is 57.5 Å². The van der Waals surface area contributed by atoms with Gasteiger partial charge in [-0.25, -0.2) is 22.8 Å². The predicted molar refractivity (Wildman–Crippen MR) is 479 cm³/mol. The minimum Gasteiger partial charge on any atom is -0.870 e. The van der Waals surface area contributed by atoms with Crippen molar-refractivity contribution in [1.29, 1.82) is 0 Å². The molecule has 0 saturated carbocycles. The molecule has 8 aromatic carbocycles. The number of carboxylic acid groups (broad SMARTS) is 1. The molecule has 7 aliphatic heterocycles. The van der Waals surface area contributed by atoms with Crippen molar-refractivity contribution in [2.45, 2.75) is 102 Å². The first-order valence-corrected chi connectivity index (χ1v) is 44.4. The van der Waals surface area contributed by atoms with Crippen molar-refractivity contribution in [3.8, 4) is 57.5 Å². The second-order valence-corrected chi connectivity index (χ2v) is 34.3. The summed E-state index contributed by atoms with van der Waals surface area (Å²) in [5, 5.41) is 33.6. The zero-order valence-corrected chi connectivity index (χ0v) is 79.3. The van der Waals surface area contributed by atoms with Gasteiger partial charge in [0.25, 0.3) is 11.8 Å². The Morgan fingerprint density at radius 3 is 1.05 bits per heavy atom. The molecule has 0 spiro atoms. The Kier molecular flexibility index (Phi) is 43.6. The Labute approximate surface area is 805 Å². The van der Waals surface area contributed by atoms with Crippen LogP contribution in [0.4, 0.5) is 13.2 Å². The van der Waals surface area contributed by atoms with Crippen LogP contribution in [0.25, 0.3) is 0 Å². The van der Waals surface area contributed by atoms with Crippen LogP contribution in [0.1, 0.15) is 51.3 Å². The smallest absolute Gasteiger partial charge is 0.870 e. The van der Waals surface area contributed by atoms with Crippen molar-refractivity contribution in [2.24, 2.45) is 0 Å². The fraction of sp³-hybridized carbons (Fsp3) is 0.376. The van der Waals surface area contributed by atoms with Gasteiger partial charge in [-0.3, -0.25) is 29.1 Å². The normalized spacial score (nSPS) is 19.1. The first kappa shape index (κ1) is 106. The Bertz CT molecular complexity index is 4780. The van der Waals surface area contributed by atoms with E-state index < -0.39 is 36.4 Å². The minimum atomic E-state index is -1.08. The van der Waals surface area contributed by atoms with Crippen molar-refractivity contribution < 1.29 is 124 Å². The van der Waals surface area contributed by atoms with Gasteiger partial charge in [0, 0.05) is 163 Å². The number of phenolic OH excluding ortho intramolecular Hbond substituents is 2. The Morgan fingerprint density at radius 1 is 0.444 bits per heavy atom. The molecular formula is C85H88Br2Cl10F3LiN6O19. The molecule has 7 aliphatic rings. The molecule has 5 unspecified atom stereocenters. The van der Waals surface area contributed by atoms with Crippen molar-refractivity contribution in [3.63, 3.8) is 0 Å². The number of nitrogens with zero attached hydrogens (tertiary/aromatic N) is 5. The topological polar surface area (TPSA) is 297 Å². The van der Waals surface area contributed by atoms with Gasteiger partial charge in [-0.1, -0.05) is 184 Å². The second kappa shape index (κ2) is 51.7. The summed E-state index contributed by atoms with van der Waals surface area (Å²) in [6.45, 7) is 20.5. The van der Waals surface area contributed by atoms with Crippen molar-refractivity contribution >= 4 is 178 Å². The van der Waals surface area contributed by atoms with Gasteiger partial charge in [-0.15, -0.1) is 0 Å². The number of esters is 2. The van der Waals surface area contributed by atoms with E-state index in [2.05, 4.69) is 63.5 Å². The van der Waals surface area contributed by atoms with Gasteiger partial charge in [0.2, 0.25) is 24.4 Å². The quantitative estimate of drug-likeness (QED) is 0.0340. The van der Waals surface area contributed by atoms with Gasteiger partial charge < -0.3 is 83.3 Å². The first-order valence-electron chi connectivity index (χ1n) is 38.6. The van der Waals surface area contributed by atoms with Crippen LogP contribution in [-0.4, -0.2) is 226 Å². The molecule has 41 heteroatoms. The Hall–Kier alpha value is -6.84. The number of carbonyl (C=O) groups is 5. The van der Waals surface area contributed by atoms with Crippen LogP contribution in [0.2, 0.25) is 50.2 Å². The predicted octanol–water partition coefficient (Wildman–Crippen LogP) is 15.5. The van der Waals surface area contributed by atoms with Gasteiger partial charge >= 0.3 is 36.8 Å². The van der Waals surface area contributed by atoms with E-state index in [4.69, 9.17) is 174 Å². The third-order valence-electron chi connectivity index (χ3n) is 19.1. The number of rotatable bonds is 14. The first-order chi connectivity index (χ1) is 59.1. The summed E-state index contributed by atoms with van der Waals surface area (Å²) in [5.74, 6) is 0.260. The van der Waals surface area contributed by atoms with Crippen LogP contribution in [-0.2, 0) is 53.1 Å². The summed E-state index contributed by atoms with van der Waals surface area (Å²) in [5.41, 5.74) is 3.29. The summed E-state index contributed by atoms with van der Waals surface area (Å²) in [7, 11) is 0. The molecule has 0 aromatic heterocycles. The van der Waals surface area contributed by atoms with E-state index in [0.717, 1.165) is 76.6 Å². The van der Waals surface area contributed by atoms with Crippen LogP contribution < -0.4 is 62.1 Å². The van der Waals surface area contributed by atoms with Crippen LogP contribution in [0.3, 0.4) is 0 Å². The third-order valence-corrected chi connectivity index (χ3v) is 24.9. The average Bonchev–Trinajstić information content (AvgIpc) is 0.978. The zero-order valence-electron chi connectivity index (χ0n) is 68.6. The Morgan fingerprint density at radius 2 is 0.738 bits per heavy atom. The SMILES string of the molecule is CCOC(=O)C(Br)CBr.CCOC(=O)C1COc2cc(Cl)c(Cl)cc2O1.C[C@@H]1CN(Cc2ccc(F)cc2)CCN1.C[C@@H]1CN(Cc2ccc(F)cc2)CCN1C(=O)C1COc2cc(Cl)c(Cl)cc2O1.C[C@@H]1CN(Cc2ccc(F)cc2)CCN1C(=O)C1COc2cc(Cl)c(Cl)cc2O1.O=C(O)C1COc2cc(Cl)c(Cl)cc2O1.Oc1cc(Cl)c(Cl)cc1O.[Li+].[OH-]. The maximum absolute atomic E-state index is 13.1. The average molecular weight is 2080 g/mol. The number of amides is 2. The number of carbonyl (C=O) groups excluding carboxylic acids is 4. The molecule has 5 N–H and O–H groups in total. The summed E-state index contributed by atoms with van der Waals surface area (Å²) >= 11 is 64.5. The number of hydrogen-bond donors (Lipinski definition) is 4. The number of aromatic hydroxyl groups is 2. The Balaban J connectivity index is 0.000000209. The number of halogens is 15. The number of alkyl halides is 2. The molecule has 0 radical (unpaired) electrons. The number of fused-ring (bicyclic) bond motifs is 4. The molecule has 678 valence electrons. The van der Waals surface area contributed by atoms with Crippen molar-refractivity contribution in [3.05, 3.63) is 218 Å². The minimum absolute atomic E-state index is 0. The number of aliphatic carboxylic acids is 1. The molecule has 2 amide bonds. The zero-order chi connectivity index (χ0) is 90.2. The fourth-order valence-corrected chi connectivity index (χ4v) is 14.8. The van der Waals surface area contributed by atoms with E-state index in [1.165, 1.54) is 72.3 Å². The number of benzene rings is 8. The van der Waals surface area contributed by atoms with Gasteiger partial charge in [-0.2, -0.15) is 0 Å². The van der Waals surface area contributed by atoms with E-state index >= 15 is 0 Å². The molecule has 8 aromatic rings. The van der Waals surface area contributed by atoms with E-state index in [-0.39, 0.29) is 124 Å². The third kappa shape index (κ3) is 31.7. The molecule has 8 atom stereocenters. The molecule has 0 aliphatic carbocycles. The molecule has 126 heavy (non-hydrogen) atoms. The van der Waals surface area contributed by atoms with Gasteiger partial charge in [0.15, 0.2) is 57.5 Å². The second-order valence-electron chi connectivity index (χ2n) is 28.4. The number of carboxylic acids is 1. The van der Waals surface area contributed by atoms with E-state index in [1.807, 2.05) is 35.8 Å². The molecular weight excluding hydrogens is 1990 g/mol. The maximum atomic E-state index is 13.1. The number of piperazine rings is 3. The molecule has 7 heterocycles. The van der Waals surface area contributed by atoms with Crippen LogP contribution >= 0.6 is 148 Å². The van der Waals surface area contributed by atoms with E-state index in [0.29, 0.717) is 124 Å². The number of hydrogen-bond acceptors (Lipinski definition) is 22. The molecule has 25 nitrogen and oxygen atoms in total. The summed E-state index contributed by atoms with van der Waals surface area (Å²) in [6.07, 6.45) is -3.20. The number of nitrogens with one attached hydrogen (secondary N) is 1. The van der Waals surface area contributed by atoms with E-state index in [9.17, 15) is 37.1 Å².